The van der Waals surface area contributed by atoms with Crippen LogP contribution >= 0.6 is 0 Å². The zero-order chi connectivity index (χ0) is 20.8. The predicted molar refractivity (Wildman–Crippen MR) is 121 cm³/mol. The van der Waals surface area contributed by atoms with Crippen LogP contribution in [0.1, 0.15) is 23.2 Å². The summed E-state index contributed by atoms with van der Waals surface area (Å²) in [5.74, 6) is 1.10. The molecule has 2 aromatic carbocycles. The summed E-state index contributed by atoms with van der Waals surface area (Å²) < 4.78 is 0. The molecule has 0 unspecified atom stereocenters. The van der Waals surface area contributed by atoms with Crippen molar-refractivity contribution >= 4 is 22.8 Å². The van der Waals surface area contributed by atoms with Gasteiger partial charge < -0.3 is 14.8 Å². The van der Waals surface area contributed by atoms with E-state index >= 15 is 0 Å². The number of nitrogens with zero attached hydrogens (tertiary/aromatic N) is 4. The van der Waals surface area contributed by atoms with Crippen molar-refractivity contribution in [3.05, 3.63) is 78.8 Å². The van der Waals surface area contributed by atoms with Crippen LogP contribution in [0.4, 0.5) is 5.82 Å². The van der Waals surface area contributed by atoms with Crippen LogP contribution in [0.3, 0.4) is 0 Å². The molecular weight excluding hydrogens is 386 g/mol. The van der Waals surface area contributed by atoms with Gasteiger partial charge in [0.2, 0.25) is 0 Å². The quantitative estimate of drug-likeness (QED) is 0.553. The number of aromatic nitrogens is 3. The number of carbonyl (C=O) groups excluding carboxylic acids is 1. The van der Waals surface area contributed by atoms with Crippen molar-refractivity contribution in [1.29, 1.82) is 0 Å². The lowest BCUT2D eigenvalue weighted by Crippen LogP contribution is -2.56. The van der Waals surface area contributed by atoms with Gasteiger partial charge in [-0.1, -0.05) is 42.5 Å². The van der Waals surface area contributed by atoms with E-state index < -0.39 is 0 Å². The van der Waals surface area contributed by atoms with E-state index in [4.69, 9.17) is 0 Å². The molecule has 2 fully saturated rings. The van der Waals surface area contributed by atoms with Gasteiger partial charge in [0.15, 0.2) is 0 Å². The Kier molecular flexibility index (Phi) is 4.23. The summed E-state index contributed by atoms with van der Waals surface area (Å²) in [5.41, 5.74) is 3.83. The lowest BCUT2D eigenvalue weighted by molar-refractivity contribution is 0.0641. The lowest BCUT2D eigenvalue weighted by Gasteiger charge is -2.41. The molecule has 154 valence electrons. The molecule has 4 aromatic rings. The number of aromatic amines is 1. The smallest absolute Gasteiger partial charge is 0.254 e. The Bertz CT molecular complexity index is 1240. The number of hydrogen-bond donors (Lipinski definition) is 1. The van der Waals surface area contributed by atoms with Crippen LogP contribution in [0.2, 0.25) is 0 Å². The molecule has 2 aromatic heterocycles. The Morgan fingerprint density at radius 3 is 2.48 bits per heavy atom. The number of anilines is 1. The summed E-state index contributed by atoms with van der Waals surface area (Å²) in [4.78, 5) is 30.0. The number of benzene rings is 2. The molecule has 6 rings (SSSR count). The molecule has 2 atom stereocenters. The molecule has 2 bridgehead atoms. The third kappa shape index (κ3) is 3.06. The fraction of sp³-hybridized carbons (Fsp3) is 0.240. The van der Waals surface area contributed by atoms with Crippen molar-refractivity contribution < 1.29 is 4.79 Å². The fourth-order valence-corrected chi connectivity index (χ4v) is 5.13. The number of amides is 1. The number of carbonyl (C=O) groups is 1. The second-order valence-electron chi connectivity index (χ2n) is 8.39. The average Bonchev–Trinajstić information content (AvgIpc) is 3.41. The second kappa shape index (κ2) is 7.23. The minimum absolute atomic E-state index is 0.138. The van der Waals surface area contributed by atoms with Crippen molar-refractivity contribution in [2.75, 3.05) is 18.0 Å². The second-order valence-corrected chi connectivity index (χ2v) is 8.39. The summed E-state index contributed by atoms with van der Waals surface area (Å²) in [6.45, 7) is 1.61. The summed E-state index contributed by atoms with van der Waals surface area (Å²) in [6.07, 6.45) is 5.58. The summed E-state index contributed by atoms with van der Waals surface area (Å²) >= 11 is 0. The van der Waals surface area contributed by atoms with E-state index in [0.29, 0.717) is 0 Å². The Hall–Kier alpha value is -3.67. The van der Waals surface area contributed by atoms with E-state index in [9.17, 15) is 4.79 Å². The molecule has 1 N–H and O–H groups in total. The van der Waals surface area contributed by atoms with Gasteiger partial charge in [-0.25, -0.2) is 9.97 Å². The molecule has 2 aliphatic rings. The van der Waals surface area contributed by atoms with Crippen LogP contribution in [0.5, 0.6) is 0 Å². The highest BCUT2D eigenvalue weighted by molar-refractivity contribution is 5.96. The number of piperazine rings is 1. The first-order valence-electron chi connectivity index (χ1n) is 10.8. The molecule has 0 spiro atoms. The molecule has 0 saturated carbocycles. The van der Waals surface area contributed by atoms with Crippen LogP contribution in [0.15, 0.2) is 73.2 Å². The monoisotopic (exact) mass is 409 g/mol. The SMILES string of the molecule is O=C(c1cccc(-c2ccccc2)c1)N1[C@@H]2CC[C@@H]1CN(c1ncnc3[nH]ccc13)C2. The van der Waals surface area contributed by atoms with Crippen LogP contribution in [-0.2, 0) is 0 Å². The van der Waals surface area contributed by atoms with E-state index in [1.165, 1.54) is 0 Å². The highest BCUT2D eigenvalue weighted by Crippen LogP contribution is 2.35. The Balaban J connectivity index is 1.27. The number of nitrogens with one attached hydrogen (secondary N) is 1. The van der Waals surface area contributed by atoms with E-state index in [-0.39, 0.29) is 18.0 Å². The van der Waals surface area contributed by atoms with Gasteiger partial charge in [0.05, 0.1) is 17.5 Å². The first-order chi connectivity index (χ1) is 15.3. The van der Waals surface area contributed by atoms with Crippen molar-refractivity contribution in [3.8, 4) is 11.1 Å². The van der Waals surface area contributed by atoms with Gasteiger partial charge in [0, 0.05) is 24.8 Å². The van der Waals surface area contributed by atoms with Gasteiger partial charge in [0.1, 0.15) is 17.8 Å². The first kappa shape index (κ1) is 18.1. The first-order valence-corrected chi connectivity index (χ1v) is 10.8. The van der Waals surface area contributed by atoms with Gasteiger partial charge in [-0.3, -0.25) is 4.79 Å². The fourth-order valence-electron chi connectivity index (χ4n) is 5.13. The van der Waals surface area contributed by atoms with Crippen molar-refractivity contribution in [1.82, 2.24) is 19.9 Å². The van der Waals surface area contributed by atoms with Gasteiger partial charge in [-0.15, -0.1) is 0 Å². The summed E-state index contributed by atoms with van der Waals surface area (Å²) in [5, 5.41) is 1.04. The molecule has 2 aliphatic heterocycles. The maximum Gasteiger partial charge on any atom is 0.254 e. The van der Waals surface area contributed by atoms with E-state index in [1.807, 2.05) is 48.7 Å². The van der Waals surface area contributed by atoms with E-state index in [2.05, 4.69) is 43.0 Å². The molecule has 31 heavy (non-hydrogen) atoms. The normalized spacial score (nSPS) is 20.4. The number of hydrogen-bond acceptors (Lipinski definition) is 4. The van der Waals surface area contributed by atoms with Crippen molar-refractivity contribution in [2.45, 2.75) is 24.9 Å². The van der Waals surface area contributed by atoms with E-state index in [0.717, 1.165) is 59.5 Å². The minimum atomic E-state index is 0.138. The van der Waals surface area contributed by atoms with Gasteiger partial charge in [-0.05, 0) is 42.2 Å². The Labute approximate surface area is 180 Å². The lowest BCUT2D eigenvalue weighted by atomic mass is 10.0. The minimum Gasteiger partial charge on any atom is -0.352 e. The molecule has 6 heteroatoms. The van der Waals surface area contributed by atoms with Gasteiger partial charge in [-0.2, -0.15) is 0 Å². The van der Waals surface area contributed by atoms with Crippen molar-refractivity contribution in [2.24, 2.45) is 0 Å². The molecule has 2 saturated heterocycles. The van der Waals surface area contributed by atoms with Gasteiger partial charge in [0.25, 0.3) is 5.91 Å². The summed E-state index contributed by atoms with van der Waals surface area (Å²) in [6, 6.07) is 20.7. The topological polar surface area (TPSA) is 65.1 Å². The molecule has 1 amide bonds. The third-order valence-electron chi connectivity index (χ3n) is 6.57. The van der Waals surface area contributed by atoms with Crippen LogP contribution in [0, 0.1) is 0 Å². The highest BCUT2D eigenvalue weighted by Gasteiger charge is 2.43. The number of rotatable bonds is 3. The van der Waals surface area contributed by atoms with Crippen LogP contribution in [0.25, 0.3) is 22.2 Å². The van der Waals surface area contributed by atoms with Crippen molar-refractivity contribution in [3.63, 3.8) is 0 Å². The van der Waals surface area contributed by atoms with Gasteiger partial charge >= 0.3 is 0 Å². The average molecular weight is 409 g/mol. The maximum absolute atomic E-state index is 13.5. The number of H-pyrrole nitrogens is 1. The molecule has 0 aliphatic carbocycles. The third-order valence-corrected chi connectivity index (χ3v) is 6.57. The highest BCUT2D eigenvalue weighted by atomic mass is 16.2. The molecular formula is C25H23N5O. The molecule has 4 heterocycles. The molecule has 0 radical (unpaired) electrons. The summed E-state index contributed by atoms with van der Waals surface area (Å²) in [7, 11) is 0. The predicted octanol–water partition coefficient (Wildman–Crippen LogP) is 4.12. The molecule has 6 nitrogen and oxygen atoms in total. The largest absolute Gasteiger partial charge is 0.352 e. The standard InChI is InChI=1S/C25H23N5O/c31-25(19-8-4-7-18(13-19)17-5-2-1-3-6-17)30-20-9-10-21(30)15-29(14-20)24-22-11-12-26-23(22)27-16-28-24/h1-8,11-13,16,20-21H,9-10,14-15H2,(H,26,27,28)/t20-,21-/m1/s1. The van der Waals surface area contributed by atoms with E-state index in [1.54, 1.807) is 6.33 Å². The maximum atomic E-state index is 13.5. The zero-order valence-corrected chi connectivity index (χ0v) is 17.1. The Morgan fingerprint density at radius 1 is 0.903 bits per heavy atom. The Morgan fingerprint density at radius 2 is 1.68 bits per heavy atom. The zero-order valence-electron chi connectivity index (χ0n) is 17.1. The van der Waals surface area contributed by atoms with Crippen LogP contribution in [-0.4, -0.2) is 50.9 Å². The number of fused-ring (bicyclic) bond motifs is 3. The van der Waals surface area contributed by atoms with Crippen LogP contribution < -0.4 is 4.90 Å².